The van der Waals surface area contributed by atoms with E-state index in [-0.39, 0.29) is 11.9 Å². The van der Waals surface area contributed by atoms with Crippen LogP contribution in [0.15, 0.2) is 30.3 Å². The molecule has 1 aliphatic rings. The van der Waals surface area contributed by atoms with Crippen LogP contribution in [0.25, 0.3) is 0 Å². The molecule has 0 bridgehead atoms. The lowest BCUT2D eigenvalue weighted by atomic mass is 9.85. The monoisotopic (exact) mass is 348 g/mol. The van der Waals surface area contributed by atoms with E-state index in [0.717, 1.165) is 55.4 Å². The van der Waals surface area contributed by atoms with E-state index < -0.39 is 12.0 Å². The number of carbonyl (C=O) groups is 1. The molecule has 0 amide bonds. The molecule has 2 rings (SSSR count). The number of likely N-dealkylation sites (N-methyl/N-ethyl adjacent to an activating group) is 1. The Morgan fingerprint density at radius 2 is 1.80 bits per heavy atom. The van der Waals surface area contributed by atoms with E-state index in [9.17, 15) is 9.90 Å². The summed E-state index contributed by atoms with van der Waals surface area (Å²) in [6, 6.07) is 9.60. The van der Waals surface area contributed by atoms with E-state index in [1.165, 1.54) is 0 Å². The smallest absolute Gasteiger partial charge is 0.316 e. The zero-order valence-corrected chi connectivity index (χ0v) is 16.0. The SMILES string of the molecule is CC[N+](C)(CC)CCOC(=O)[C@H](c1ccccc1)[C@H](O)C1CCCC1. The summed E-state index contributed by atoms with van der Waals surface area (Å²) in [5.74, 6) is -0.666. The maximum Gasteiger partial charge on any atom is 0.316 e. The summed E-state index contributed by atoms with van der Waals surface area (Å²) in [7, 11) is 2.18. The fourth-order valence-electron chi connectivity index (χ4n) is 3.70. The third-order valence-corrected chi connectivity index (χ3v) is 6.04. The molecule has 25 heavy (non-hydrogen) atoms. The minimum Gasteiger partial charge on any atom is -0.459 e. The number of carbonyl (C=O) groups excluding carboxylic acids is 1. The fourth-order valence-corrected chi connectivity index (χ4v) is 3.70. The molecule has 0 aromatic heterocycles. The number of ether oxygens (including phenoxy) is 1. The van der Waals surface area contributed by atoms with Crippen molar-refractivity contribution in [1.82, 2.24) is 0 Å². The lowest BCUT2D eigenvalue weighted by Gasteiger charge is -2.32. The zero-order chi connectivity index (χ0) is 18.3. The van der Waals surface area contributed by atoms with Crippen molar-refractivity contribution in [2.45, 2.75) is 51.6 Å². The van der Waals surface area contributed by atoms with Crippen LogP contribution in [-0.4, -0.2) is 55.0 Å². The zero-order valence-electron chi connectivity index (χ0n) is 16.0. The minimum absolute atomic E-state index is 0.199. The molecule has 0 saturated heterocycles. The highest BCUT2D eigenvalue weighted by Crippen LogP contribution is 2.35. The van der Waals surface area contributed by atoms with E-state index in [2.05, 4.69) is 20.9 Å². The van der Waals surface area contributed by atoms with Crippen LogP contribution >= 0.6 is 0 Å². The van der Waals surface area contributed by atoms with Crippen molar-refractivity contribution in [3.05, 3.63) is 35.9 Å². The fraction of sp³-hybridized carbons (Fsp3) is 0.667. The Morgan fingerprint density at radius 1 is 1.20 bits per heavy atom. The first-order valence-corrected chi connectivity index (χ1v) is 9.74. The second-order valence-electron chi connectivity index (χ2n) is 7.57. The highest BCUT2D eigenvalue weighted by atomic mass is 16.5. The van der Waals surface area contributed by atoms with Crippen LogP contribution in [-0.2, 0) is 9.53 Å². The molecule has 140 valence electrons. The standard InChI is InChI=1S/C21H34NO3/c1-4-22(3,5-2)15-16-25-21(24)19(17-11-7-6-8-12-17)20(23)18-13-9-10-14-18/h6-8,11-12,18-20,23H,4-5,9-10,13-16H2,1-3H3/q+1/t19-,20-/m1/s1. The Bertz CT molecular complexity index is 521. The van der Waals surface area contributed by atoms with E-state index in [4.69, 9.17) is 4.74 Å². The predicted molar refractivity (Wildman–Crippen MR) is 100 cm³/mol. The van der Waals surface area contributed by atoms with Crippen molar-refractivity contribution in [2.75, 3.05) is 33.3 Å². The van der Waals surface area contributed by atoms with Crippen LogP contribution in [0.3, 0.4) is 0 Å². The van der Waals surface area contributed by atoms with Gasteiger partial charge in [-0.1, -0.05) is 43.2 Å². The van der Waals surface area contributed by atoms with E-state index in [1.807, 2.05) is 30.3 Å². The Morgan fingerprint density at radius 3 is 2.36 bits per heavy atom. The summed E-state index contributed by atoms with van der Waals surface area (Å²) in [5, 5.41) is 10.9. The highest BCUT2D eigenvalue weighted by Gasteiger charge is 2.36. The van der Waals surface area contributed by atoms with Crippen molar-refractivity contribution in [2.24, 2.45) is 5.92 Å². The van der Waals surface area contributed by atoms with Crippen molar-refractivity contribution >= 4 is 5.97 Å². The molecule has 0 heterocycles. The molecule has 4 nitrogen and oxygen atoms in total. The number of nitrogens with zero attached hydrogens (tertiary/aromatic N) is 1. The number of hydrogen-bond donors (Lipinski definition) is 1. The number of aliphatic hydroxyl groups excluding tert-OH is 1. The van der Waals surface area contributed by atoms with Gasteiger partial charge in [-0.25, -0.2) is 0 Å². The van der Waals surface area contributed by atoms with Gasteiger partial charge in [-0.15, -0.1) is 0 Å². The van der Waals surface area contributed by atoms with Crippen LogP contribution in [0.1, 0.15) is 51.0 Å². The number of benzene rings is 1. The molecule has 0 spiro atoms. The molecule has 1 N–H and O–H groups in total. The molecular weight excluding hydrogens is 314 g/mol. The van der Waals surface area contributed by atoms with Crippen LogP contribution in [0, 0.1) is 5.92 Å². The summed E-state index contributed by atoms with van der Waals surface area (Å²) in [6.45, 7) is 7.54. The lowest BCUT2D eigenvalue weighted by molar-refractivity contribution is -0.906. The second-order valence-corrected chi connectivity index (χ2v) is 7.57. The maximum absolute atomic E-state index is 12.8. The van der Waals surface area contributed by atoms with Gasteiger partial charge in [0, 0.05) is 0 Å². The van der Waals surface area contributed by atoms with Gasteiger partial charge in [0.1, 0.15) is 19.1 Å². The van der Waals surface area contributed by atoms with Gasteiger partial charge >= 0.3 is 5.97 Å². The molecule has 1 saturated carbocycles. The number of aliphatic hydroxyl groups is 1. The first-order chi connectivity index (χ1) is 12.0. The summed E-state index contributed by atoms with van der Waals surface area (Å²) >= 11 is 0. The predicted octanol–water partition coefficient (Wildman–Crippen LogP) is 3.35. The van der Waals surface area contributed by atoms with Gasteiger partial charge in [0.25, 0.3) is 0 Å². The molecule has 1 aromatic carbocycles. The van der Waals surface area contributed by atoms with Gasteiger partial charge in [-0.05, 0) is 38.2 Å². The second kappa shape index (κ2) is 9.35. The first kappa shape index (κ1) is 19.9. The molecule has 4 heteroatoms. The van der Waals surface area contributed by atoms with Crippen molar-refractivity contribution < 1.29 is 19.1 Å². The highest BCUT2D eigenvalue weighted by molar-refractivity contribution is 5.79. The molecule has 0 unspecified atom stereocenters. The average Bonchev–Trinajstić information content (AvgIpc) is 3.17. The van der Waals surface area contributed by atoms with Gasteiger partial charge < -0.3 is 14.3 Å². The average molecular weight is 349 g/mol. The Kier molecular flexibility index (Phi) is 7.45. The molecule has 0 aliphatic heterocycles. The lowest BCUT2D eigenvalue weighted by Crippen LogP contribution is -2.46. The molecule has 2 atom stereocenters. The van der Waals surface area contributed by atoms with Crippen LogP contribution < -0.4 is 0 Å². The normalized spacial score (nSPS) is 18.1. The Balaban J connectivity index is 2.05. The number of esters is 1. The van der Waals surface area contributed by atoms with Crippen molar-refractivity contribution in [1.29, 1.82) is 0 Å². The molecule has 1 aromatic rings. The van der Waals surface area contributed by atoms with Crippen molar-refractivity contribution in [3.8, 4) is 0 Å². The maximum atomic E-state index is 12.8. The van der Waals surface area contributed by atoms with Gasteiger partial charge in [0.2, 0.25) is 0 Å². The van der Waals surface area contributed by atoms with E-state index >= 15 is 0 Å². The Hall–Kier alpha value is -1.39. The quantitative estimate of drug-likeness (QED) is 0.550. The molecular formula is C21H34NO3+. The van der Waals surface area contributed by atoms with Crippen LogP contribution in [0.5, 0.6) is 0 Å². The third kappa shape index (κ3) is 5.29. The van der Waals surface area contributed by atoms with E-state index in [0.29, 0.717) is 6.61 Å². The summed E-state index contributed by atoms with van der Waals surface area (Å²) < 4.78 is 6.51. The summed E-state index contributed by atoms with van der Waals surface area (Å²) in [5.41, 5.74) is 0.857. The molecule has 0 radical (unpaired) electrons. The molecule has 1 aliphatic carbocycles. The first-order valence-electron chi connectivity index (χ1n) is 9.74. The van der Waals surface area contributed by atoms with Crippen LogP contribution in [0.2, 0.25) is 0 Å². The third-order valence-electron chi connectivity index (χ3n) is 6.04. The van der Waals surface area contributed by atoms with Crippen molar-refractivity contribution in [3.63, 3.8) is 0 Å². The minimum atomic E-state index is -0.657. The van der Waals surface area contributed by atoms with Gasteiger partial charge in [0.15, 0.2) is 0 Å². The van der Waals surface area contributed by atoms with Gasteiger partial charge in [0.05, 0.1) is 26.2 Å². The summed E-state index contributed by atoms with van der Waals surface area (Å²) in [6.07, 6.45) is 3.62. The Labute approximate surface area is 152 Å². The van der Waals surface area contributed by atoms with Gasteiger partial charge in [-0.3, -0.25) is 4.79 Å². The topological polar surface area (TPSA) is 46.5 Å². The van der Waals surface area contributed by atoms with E-state index in [1.54, 1.807) is 0 Å². The molecule has 1 fully saturated rings. The number of quaternary nitrogens is 1. The number of hydrogen-bond acceptors (Lipinski definition) is 3. The van der Waals surface area contributed by atoms with Gasteiger partial charge in [-0.2, -0.15) is 0 Å². The largest absolute Gasteiger partial charge is 0.459 e. The number of rotatable bonds is 9. The summed E-state index contributed by atoms with van der Waals surface area (Å²) in [4.78, 5) is 12.8. The van der Waals surface area contributed by atoms with Crippen LogP contribution in [0.4, 0.5) is 0 Å².